The van der Waals surface area contributed by atoms with E-state index in [0.717, 1.165) is 11.1 Å². The van der Waals surface area contributed by atoms with E-state index in [1.54, 1.807) is 5.06 Å². The molecule has 0 spiro atoms. The van der Waals surface area contributed by atoms with Crippen LogP contribution in [0.4, 0.5) is 0 Å². The number of hydrogen-bond donors (Lipinski definition) is 1. The summed E-state index contributed by atoms with van der Waals surface area (Å²) < 4.78 is 0. The molecule has 0 saturated carbocycles. The summed E-state index contributed by atoms with van der Waals surface area (Å²) in [5, 5.41) is 11.7. The third-order valence-electron chi connectivity index (χ3n) is 3.81. The summed E-state index contributed by atoms with van der Waals surface area (Å²) in [6.45, 7) is 1.95. The van der Waals surface area contributed by atoms with Crippen LogP contribution in [0.5, 0.6) is 0 Å². The van der Waals surface area contributed by atoms with Gasteiger partial charge in [0.2, 0.25) is 0 Å². The second-order valence-corrected chi connectivity index (χ2v) is 5.16. The lowest BCUT2D eigenvalue weighted by atomic mass is 9.99. The van der Waals surface area contributed by atoms with Crippen LogP contribution in [0.25, 0.3) is 0 Å². The van der Waals surface area contributed by atoms with Crippen molar-refractivity contribution in [3.8, 4) is 0 Å². The minimum atomic E-state index is -1.17. The summed E-state index contributed by atoms with van der Waals surface area (Å²) in [4.78, 5) is 17.1. The topological polar surface area (TPSA) is 49.8 Å². The maximum Gasteiger partial charge on any atom is 0.356 e. The highest BCUT2D eigenvalue weighted by Gasteiger charge is 2.45. The zero-order valence-corrected chi connectivity index (χ0v) is 11.7. The van der Waals surface area contributed by atoms with Crippen molar-refractivity contribution in [2.75, 3.05) is 0 Å². The Morgan fingerprint density at radius 2 is 1.62 bits per heavy atom. The smallest absolute Gasteiger partial charge is 0.356 e. The average molecular weight is 283 g/mol. The summed E-state index contributed by atoms with van der Waals surface area (Å²) in [7, 11) is 0. The van der Waals surface area contributed by atoms with E-state index in [2.05, 4.69) is 0 Å². The Bertz CT molecular complexity index is 614. The van der Waals surface area contributed by atoms with Gasteiger partial charge in [-0.25, -0.2) is 4.79 Å². The Morgan fingerprint density at radius 3 is 2.24 bits per heavy atom. The van der Waals surface area contributed by atoms with E-state index < -0.39 is 18.1 Å². The predicted octanol–water partition coefficient (Wildman–Crippen LogP) is 2.62. The molecule has 1 aliphatic heterocycles. The number of aliphatic hydroxyl groups excluding tert-OH is 1. The van der Waals surface area contributed by atoms with Gasteiger partial charge < -0.3 is 9.94 Å². The van der Waals surface area contributed by atoms with Crippen molar-refractivity contribution in [1.29, 1.82) is 0 Å². The van der Waals surface area contributed by atoms with Gasteiger partial charge in [0.05, 0.1) is 6.04 Å². The fourth-order valence-electron chi connectivity index (χ4n) is 2.66. The highest BCUT2D eigenvalue weighted by atomic mass is 16.7. The molecule has 1 N–H and O–H groups in total. The van der Waals surface area contributed by atoms with Gasteiger partial charge in [0.25, 0.3) is 0 Å². The van der Waals surface area contributed by atoms with Crippen molar-refractivity contribution in [1.82, 2.24) is 5.06 Å². The van der Waals surface area contributed by atoms with Crippen LogP contribution in [-0.4, -0.2) is 22.2 Å². The van der Waals surface area contributed by atoms with E-state index in [4.69, 9.17) is 4.84 Å². The van der Waals surface area contributed by atoms with Crippen LogP contribution in [0.2, 0.25) is 0 Å². The van der Waals surface area contributed by atoms with Gasteiger partial charge in [-0.05, 0) is 18.1 Å². The Morgan fingerprint density at radius 1 is 1.05 bits per heavy atom. The van der Waals surface area contributed by atoms with Gasteiger partial charge in [-0.1, -0.05) is 60.7 Å². The molecular formula is C17H17NO3. The van der Waals surface area contributed by atoms with Crippen molar-refractivity contribution in [3.05, 3.63) is 71.8 Å². The van der Waals surface area contributed by atoms with Crippen LogP contribution in [-0.2, 0) is 9.63 Å². The molecule has 3 rings (SSSR count). The number of hydroxylamine groups is 2. The first-order chi connectivity index (χ1) is 10.2. The second kappa shape index (κ2) is 5.68. The van der Waals surface area contributed by atoms with E-state index in [1.165, 1.54) is 0 Å². The third-order valence-corrected chi connectivity index (χ3v) is 3.81. The maximum absolute atomic E-state index is 11.8. The molecule has 1 fully saturated rings. The number of aliphatic hydroxyl groups is 1. The highest BCUT2D eigenvalue weighted by molar-refractivity contribution is 5.77. The van der Waals surface area contributed by atoms with Crippen LogP contribution in [0.15, 0.2) is 60.7 Å². The van der Waals surface area contributed by atoms with Crippen LogP contribution >= 0.6 is 0 Å². The summed E-state index contributed by atoms with van der Waals surface area (Å²) in [6, 6.07) is 18.6. The molecule has 1 aliphatic rings. The van der Waals surface area contributed by atoms with E-state index >= 15 is 0 Å². The van der Waals surface area contributed by atoms with Gasteiger partial charge in [-0.3, -0.25) is 0 Å². The Kier molecular flexibility index (Phi) is 3.73. The lowest BCUT2D eigenvalue weighted by molar-refractivity contribution is -0.187. The molecule has 0 amide bonds. The Hall–Kier alpha value is -2.17. The largest absolute Gasteiger partial charge is 0.379 e. The molecule has 0 unspecified atom stereocenters. The van der Waals surface area contributed by atoms with Crippen molar-refractivity contribution in [2.45, 2.75) is 25.1 Å². The molecule has 0 radical (unpaired) electrons. The number of nitrogens with zero attached hydrogens (tertiary/aromatic N) is 1. The standard InChI is InChI=1S/C17H17NO3/c1-12(13-8-4-2-5-9-13)18-15(16(19)17(20)21-18)14-10-6-3-7-11-14/h2-12,15-16,19H,1H3/t12-,15+,16+/m1/s1. The molecule has 0 bridgehead atoms. The average Bonchev–Trinajstić information content (AvgIpc) is 2.84. The normalized spacial score (nSPS) is 23.8. The van der Waals surface area contributed by atoms with Crippen molar-refractivity contribution in [2.24, 2.45) is 0 Å². The predicted molar refractivity (Wildman–Crippen MR) is 78.0 cm³/mol. The van der Waals surface area contributed by atoms with Gasteiger partial charge in [0.15, 0.2) is 6.10 Å². The quantitative estimate of drug-likeness (QED) is 0.940. The molecule has 1 heterocycles. The number of rotatable bonds is 3. The summed E-state index contributed by atoms with van der Waals surface area (Å²) >= 11 is 0. The minimum absolute atomic E-state index is 0.141. The van der Waals surface area contributed by atoms with E-state index in [1.807, 2.05) is 67.6 Å². The molecule has 108 valence electrons. The monoisotopic (exact) mass is 283 g/mol. The van der Waals surface area contributed by atoms with Crippen LogP contribution < -0.4 is 0 Å². The Balaban J connectivity index is 1.95. The van der Waals surface area contributed by atoms with Gasteiger partial charge in [-0.15, -0.1) is 5.06 Å². The van der Waals surface area contributed by atoms with Crippen LogP contribution in [0, 0.1) is 0 Å². The molecule has 21 heavy (non-hydrogen) atoms. The molecular weight excluding hydrogens is 266 g/mol. The minimum Gasteiger partial charge on any atom is -0.379 e. The van der Waals surface area contributed by atoms with Gasteiger partial charge >= 0.3 is 5.97 Å². The van der Waals surface area contributed by atoms with Crippen molar-refractivity contribution in [3.63, 3.8) is 0 Å². The fourth-order valence-corrected chi connectivity index (χ4v) is 2.66. The lowest BCUT2D eigenvalue weighted by Crippen LogP contribution is -2.29. The van der Waals surface area contributed by atoms with E-state index in [9.17, 15) is 9.90 Å². The molecule has 2 aromatic rings. The first-order valence-electron chi connectivity index (χ1n) is 6.96. The van der Waals surface area contributed by atoms with E-state index in [0.29, 0.717) is 0 Å². The maximum atomic E-state index is 11.8. The molecule has 4 heteroatoms. The zero-order valence-electron chi connectivity index (χ0n) is 11.7. The number of benzene rings is 2. The lowest BCUT2D eigenvalue weighted by Gasteiger charge is -2.28. The fraction of sp³-hybridized carbons (Fsp3) is 0.235. The Labute approximate surface area is 123 Å². The summed E-state index contributed by atoms with van der Waals surface area (Å²) in [6.07, 6.45) is -1.17. The number of carbonyl (C=O) groups is 1. The molecule has 1 saturated heterocycles. The first-order valence-corrected chi connectivity index (χ1v) is 6.96. The third kappa shape index (κ3) is 2.55. The van der Waals surface area contributed by atoms with E-state index in [-0.39, 0.29) is 6.04 Å². The molecule has 0 aliphatic carbocycles. The molecule has 3 atom stereocenters. The first kappa shape index (κ1) is 13.8. The van der Waals surface area contributed by atoms with Gasteiger partial charge in [0.1, 0.15) is 6.04 Å². The van der Waals surface area contributed by atoms with Crippen LogP contribution in [0.1, 0.15) is 30.1 Å². The SMILES string of the molecule is C[C@H](c1ccccc1)N1OC(=O)[C@@H](O)[C@@H]1c1ccccc1. The van der Waals surface area contributed by atoms with Crippen LogP contribution in [0.3, 0.4) is 0 Å². The molecule has 0 aromatic heterocycles. The zero-order chi connectivity index (χ0) is 14.8. The highest BCUT2D eigenvalue weighted by Crippen LogP contribution is 2.38. The van der Waals surface area contributed by atoms with Gasteiger partial charge in [-0.2, -0.15) is 0 Å². The molecule has 4 nitrogen and oxygen atoms in total. The van der Waals surface area contributed by atoms with Gasteiger partial charge in [0, 0.05) is 0 Å². The van der Waals surface area contributed by atoms with Crippen molar-refractivity contribution >= 4 is 5.97 Å². The summed E-state index contributed by atoms with van der Waals surface area (Å²) in [5.41, 5.74) is 1.89. The number of hydrogen-bond acceptors (Lipinski definition) is 4. The summed E-state index contributed by atoms with van der Waals surface area (Å²) in [5.74, 6) is -0.605. The second-order valence-electron chi connectivity index (χ2n) is 5.16. The number of carbonyl (C=O) groups excluding carboxylic acids is 1. The molecule has 2 aromatic carbocycles. The van der Waals surface area contributed by atoms with Crippen molar-refractivity contribution < 1.29 is 14.7 Å².